The van der Waals surface area contributed by atoms with Crippen LogP contribution < -0.4 is 10.5 Å². The molecule has 0 radical (unpaired) electrons. The molecule has 1 aliphatic carbocycles. The monoisotopic (exact) mass is 282 g/mol. The highest BCUT2D eigenvalue weighted by atomic mass is 32.2. The molecule has 106 valence electrons. The predicted molar refractivity (Wildman–Crippen MR) is 77.1 cm³/mol. The first-order valence-corrected chi connectivity index (χ1v) is 8.25. The van der Waals surface area contributed by atoms with E-state index in [4.69, 9.17) is 5.73 Å². The highest BCUT2D eigenvalue weighted by Gasteiger charge is 2.28. The molecule has 3 atom stereocenters. The van der Waals surface area contributed by atoms with Gasteiger partial charge in [0.05, 0.1) is 5.69 Å². The third-order valence-electron chi connectivity index (χ3n) is 4.13. The van der Waals surface area contributed by atoms with E-state index in [1.807, 2.05) is 0 Å². The molecule has 1 aromatic carbocycles. The van der Waals surface area contributed by atoms with Crippen molar-refractivity contribution in [2.24, 2.45) is 11.8 Å². The number of nitrogens with two attached hydrogens (primary N) is 1. The summed E-state index contributed by atoms with van der Waals surface area (Å²) in [5.74, 6) is 1.22. The van der Waals surface area contributed by atoms with Crippen molar-refractivity contribution >= 4 is 15.7 Å². The minimum atomic E-state index is -3.51. The SMILES string of the molecule is CC1CCC(NS(=O)(=O)c2ccccc2N)CC1C. The fourth-order valence-electron chi connectivity index (χ4n) is 2.66. The highest BCUT2D eigenvalue weighted by Crippen LogP contribution is 2.30. The zero-order chi connectivity index (χ0) is 14.0. The summed E-state index contributed by atoms with van der Waals surface area (Å²) >= 11 is 0. The van der Waals surface area contributed by atoms with E-state index in [0.717, 1.165) is 19.3 Å². The lowest BCUT2D eigenvalue weighted by atomic mass is 9.79. The summed E-state index contributed by atoms with van der Waals surface area (Å²) in [5, 5.41) is 0. The average molecular weight is 282 g/mol. The summed E-state index contributed by atoms with van der Waals surface area (Å²) in [6.45, 7) is 4.41. The van der Waals surface area contributed by atoms with Crippen molar-refractivity contribution in [3.63, 3.8) is 0 Å². The quantitative estimate of drug-likeness (QED) is 0.836. The van der Waals surface area contributed by atoms with Crippen LogP contribution in [0.4, 0.5) is 5.69 Å². The maximum atomic E-state index is 12.3. The van der Waals surface area contributed by atoms with Gasteiger partial charge in [-0.3, -0.25) is 0 Å². The Morgan fingerprint density at radius 3 is 2.47 bits per heavy atom. The molecule has 5 heteroatoms. The van der Waals surface area contributed by atoms with Crippen LogP contribution in [0.5, 0.6) is 0 Å². The van der Waals surface area contributed by atoms with Crippen LogP contribution in [0.2, 0.25) is 0 Å². The molecule has 0 amide bonds. The summed E-state index contributed by atoms with van der Waals surface area (Å²) < 4.78 is 27.4. The van der Waals surface area contributed by atoms with Gasteiger partial charge in [-0.05, 0) is 43.2 Å². The number of benzene rings is 1. The fraction of sp³-hybridized carbons (Fsp3) is 0.571. The van der Waals surface area contributed by atoms with Crippen LogP contribution in [0, 0.1) is 11.8 Å². The van der Waals surface area contributed by atoms with E-state index in [1.165, 1.54) is 0 Å². The van der Waals surface area contributed by atoms with E-state index in [0.29, 0.717) is 17.5 Å². The minimum Gasteiger partial charge on any atom is -0.398 e. The molecule has 0 bridgehead atoms. The molecule has 0 saturated heterocycles. The fourth-order valence-corrected chi connectivity index (χ4v) is 4.08. The lowest BCUT2D eigenvalue weighted by Gasteiger charge is -2.32. The van der Waals surface area contributed by atoms with E-state index in [1.54, 1.807) is 24.3 Å². The lowest BCUT2D eigenvalue weighted by molar-refractivity contribution is 0.242. The highest BCUT2D eigenvalue weighted by molar-refractivity contribution is 7.89. The normalized spacial score (nSPS) is 28.2. The van der Waals surface area contributed by atoms with Crippen molar-refractivity contribution in [1.29, 1.82) is 0 Å². The second-order valence-corrected chi connectivity index (χ2v) is 7.31. The number of sulfonamides is 1. The molecule has 0 aromatic heterocycles. The number of hydrogen-bond donors (Lipinski definition) is 2. The molecular weight excluding hydrogens is 260 g/mol. The second-order valence-electron chi connectivity index (χ2n) is 5.62. The molecule has 3 unspecified atom stereocenters. The Kier molecular flexibility index (Phi) is 4.16. The molecule has 3 N–H and O–H groups in total. The number of nitrogens with one attached hydrogen (secondary N) is 1. The Morgan fingerprint density at radius 2 is 1.84 bits per heavy atom. The molecule has 1 fully saturated rings. The summed E-state index contributed by atoms with van der Waals surface area (Å²) in [5.41, 5.74) is 6.04. The summed E-state index contributed by atoms with van der Waals surface area (Å²) in [6, 6.07) is 6.61. The first-order valence-electron chi connectivity index (χ1n) is 6.77. The van der Waals surface area contributed by atoms with Gasteiger partial charge in [-0.2, -0.15) is 0 Å². The zero-order valence-electron chi connectivity index (χ0n) is 11.5. The third kappa shape index (κ3) is 3.28. The molecule has 4 nitrogen and oxygen atoms in total. The molecule has 0 aliphatic heterocycles. The maximum absolute atomic E-state index is 12.3. The zero-order valence-corrected chi connectivity index (χ0v) is 12.3. The third-order valence-corrected chi connectivity index (χ3v) is 5.72. The minimum absolute atomic E-state index is 0.0239. The number of rotatable bonds is 3. The molecule has 1 aromatic rings. The van der Waals surface area contributed by atoms with Crippen LogP contribution in [0.1, 0.15) is 33.1 Å². The molecule has 0 spiro atoms. The summed E-state index contributed by atoms with van der Waals surface area (Å²) in [6.07, 6.45) is 2.86. The number of para-hydroxylation sites is 1. The van der Waals surface area contributed by atoms with Crippen LogP contribution in [0.15, 0.2) is 29.2 Å². The van der Waals surface area contributed by atoms with Crippen molar-refractivity contribution in [3.8, 4) is 0 Å². The molecule has 0 heterocycles. The van der Waals surface area contributed by atoms with Crippen molar-refractivity contribution < 1.29 is 8.42 Å². The van der Waals surface area contributed by atoms with Crippen LogP contribution in [0.3, 0.4) is 0 Å². The molecule has 19 heavy (non-hydrogen) atoms. The van der Waals surface area contributed by atoms with Crippen molar-refractivity contribution in [2.45, 2.75) is 44.0 Å². The Morgan fingerprint density at radius 1 is 1.16 bits per heavy atom. The summed E-state index contributed by atoms with van der Waals surface area (Å²) in [4.78, 5) is 0.182. The Balaban J connectivity index is 2.12. The van der Waals surface area contributed by atoms with E-state index in [2.05, 4.69) is 18.6 Å². The Hall–Kier alpha value is -1.07. The van der Waals surface area contributed by atoms with Crippen LogP contribution in [0.25, 0.3) is 0 Å². The first kappa shape index (κ1) is 14.3. The maximum Gasteiger partial charge on any atom is 0.242 e. The van der Waals surface area contributed by atoms with Crippen LogP contribution in [-0.2, 0) is 10.0 Å². The van der Waals surface area contributed by atoms with Gasteiger partial charge in [0.15, 0.2) is 0 Å². The smallest absolute Gasteiger partial charge is 0.242 e. The molecular formula is C14H22N2O2S. The number of nitrogen functional groups attached to an aromatic ring is 1. The van der Waals surface area contributed by atoms with E-state index in [-0.39, 0.29) is 10.9 Å². The second kappa shape index (κ2) is 5.51. The molecule has 1 saturated carbocycles. The van der Waals surface area contributed by atoms with E-state index >= 15 is 0 Å². The molecule has 1 aliphatic rings. The topological polar surface area (TPSA) is 72.2 Å². The summed E-state index contributed by atoms with van der Waals surface area (Å²) in [7, 11) is -3.51. The van der Waals surface area contributed by atoms with Gasteiger partial charge in [0.1, 0.15) is 4.90 Å². The van der Waals surface area contributed by atoms with Gasteiger partial charge < -0.3 is 5.73 Å². The van der Waals surface area contributed by atoms with Gasteiger partial charge in [0.2, 0.25) is 10.0 Å². The van der Waals surface area contributed by atoms with Gasteiger partial charge in [0.25, 0.3) is 0 Å². The van der Waals surface area contributed by atoms with Gasteiger partial charge in [-0.1, -0.05) is 26.0 Å². The number of anilines is 1. The van der Waals surface area contributed by atoms with Gasteiger partial charge >= 0.3 is 0 Å². The van der Waals surface area contributed by atoms with Gasteiger partial charge in [-0.15, -0.1) is 0 Å². The van der Waals surface area contributed by atoms with Crippen molar-refractivity contribution in [2.75, 3.05) is 5.73 Å². The molecule has 2 rings (SSSR count). The first-order chi connectivity index (χ1) is 8.90. The van der Waals surface area contributed by atoms with Crippen molar-refractivity contribution in [3.05, 3.63) is 24.3 Å². The van der Waals surface area contributed by atoms with Gasteiger partial charge in [0, 0.05) is 6.04 Å². The van der Waals surface area contributed by atoms with Crippen LogP contribution >= 0.6 is 0 Å². The average Bonchev–Trinajstić information content (AvgIpc) is 2.34. The van der Waals surface area contributed by atoms with E-state index in [9.17, 15) is 8.42 Å². The predicted octanol–water partition coefficient (Wildman–Crippen LogP) is 2.37. The largest absolute Gasteiger partial charge is 0.398 e. The van der Waals surface area contributed by atoms with Gasteiger partial charge in [-0.25, -0.2) is 13.1 Å². The number of hydrogen-bond acceptors (Lipinski definition) is 3. The standard InChI is InChI=1S/C14H22N2O2S/c1-10-7-8-12(9-11(10)2)16-19(17,18)14-6-4-3-5-13(14)15/h3-6,10-12,16H,7-9,15H2,1-2H3. The lowest BCUT2D eigenvalue weighted by Crippen LogP contribution is -2.39. The van der Waals surface area contributed by atoms with Crippen molar-refractivity contribution in [1.82, 2.24) is 4.72 Å². The van der Waals surface area contributed by atoms with E-state index < -0.39 is 10.0 Å². The Labute approximate surface area is 115 Å². The van der Waals surface area contributed by atoms with Crippen LogP contribution in [-0.4, -0.2) is 14.5 Å². The Bertz CT molecular complexity index is 542.